The van der Waals surface area contributed by atoms with Crippen molar-refractivity contribution in [2.75, 3.05) is 18.9 Å². The number of anilines is 1. The second kappa shape index (κ2) is 5.87. The molecule has 0 radical (unpaired) electrons. The van der Waals surface area contributed by atoms with Gasteiger partial charge in [-0.05, 0) is 25.0 Å². The van der Waals surface area contributed by atoms with Crippen LogP contribution < -0.4 is 5.73 Å². The molecule has 0 bridgehead atoms. The molecule has 1 aliphatic rings. The lowest BCUT2D eigenvalue weighted by Gasteiger charge is -2.22. The Morgan fingerprint density at radius 2 is 1.81 bits per heavy atom. The first-order valence-corrected chi connectivity index (χ1v) is 7.69. The minimum Gasteiger partial charge on any atom is -0.383 e. The van der Waals surface area contributed by atoms with E-state index < -0.39 is 0 Å². The molecule has 1 aliphatic heterocycles. The highest BCUT2D eigenvalue weighted by molar-refractivity contribution is 6.39. The summed E-state index contributed by atoms with van der Waals surface area (Å²) in [6, 6.07) is 5.47. The van der Waals surface area contributed by atoms with Gasteiger partial charge in [0.1, 0.15) is 5.82 Å². The number of benzene rings is 1. The third-order valence-electron chi connectivity index (χ3n) is 3.94. The molecule has 1 saturated heterocycles. The van der Waals surface area contributed by atoms with Crippen LogP contribution in [-0.4, -0.2) is 23.0 Å². The van der Waals surface area contributed by atoms with Crippen LogP contribution in [0.2, 0.25) is 10.0 Å². The van der Waals surface area contributed by atoms with Crippen molar-refractivity contribution in [1.29, 1.82) is 0 Å². The minimum atomic E-state index is 0.324. The molecule has 0 unspecified atom stereocenters. The van der Waals surface area contributed by atoms with Crippen LogP contribution in [0.5, 0.6) is 0 Å². The molecule has 21 heavy (non-hydrogen) atoms. The zero-order chi connectivity index (χ0) is 15.0. The van der Waals surface area contributed by atoms with Crippen molar-refractivity contribution in [3.8, 4) is 11.1 Å². The number of aromatic nitrogens is 2. The van der Waals surface area contributed by atoms with Gasteiger partial charge in [0.15, 0.2) is 0 Å². The van der Waals surface area contributed by atoms with Crippen molar-refractivity contribution in [2.24, 2.45) is 7.05 Å². The fraction of sp³-hybridized carbons (Fsp3) is 0.400. The zero-order valence-corrected chi connectivity index (χ0v) is 13.3. The Bertz CT molecular complexity index is 643. The molecule has 1 fully saturated rings. The number of aryl methyl sites for hydroxylation is 1. The predicted molar refractivity (Wildman–Crippen MR) is 85.9 cm³/mol. The predicted octanol–water partition coefficient (Wildman–Crippen LogP) is 3.87. The van der Waals surface area contributed by atoms with Crippen molar-refractivity contribution in [3.63, 3.8) is 0 Å². The van der Waals surface area contributed by atoms with Crippen LogP contribution in [0.15, 0.2) is 18.2 Å². The number of hydrogen-bond acceptors (Lipinski definition) is 3. The van der Waals surface area contributed by atoms with E-state index >= 15 is 0 Å². The van der Waals surface area contributed by atoms with E-state index in [-0.39, 0.29) is 0 Å². The number of nitrogens with two attached hydrogens (primary N) is 1. The molecule has 2 aromatic rings. The molecular weight excluding hydrogens is 309 g/mol. The molecule has 1 aromatic heterocycles. The maximum atomic E-state index is 6.35. The van der Waals surface area contributed by atoms with Crippen molar-refractivity contribution < 1.29 is 4.74 Å². The maximum Gasteiger partial charge on any atom is 0.129 e. The Labute approximate surface area is 133 Å². The van der Waals surface area contributed by atoms with Crippen LogP contribution in [0.1, 0.15) is 24.5 Å². The van der Waals surface area contributed by atoms with Gasteiger partial charge in [-0.1, -0.05) is 29.3 Å². The summed E-state index contributed by atoms with van der Waals surface area (Å²) in [5.41, 5.74) is 8.83. The van der Waals surface area contributed by atoms with Gasteiger partial charge in [0, 0.05) is 31.7 Å². The number of rotatable bonds is 2. The summed E-state index contributed by atoms with van der Waals surface area (Å²) in [5, 5.41) is 5.80. The second-order valence-electron chi connectivity index (χ2n) is 5.25. The molecule has 4 nitrogen and oxygen atoms in total. The normalized spacial score (nSPS) is 16.3. The van der Waals surface area contributed by atoms with Gasteiger partial charge in [-0.2, -0.15) is 5.10 Å². The number of hydrogen-bond donors (Lipinski definition) is 1. The summed E-state index contributed by atoms with van der Waals surface area (Å²) >= 11 is 12.7. The van der Waals surface area contributed by atoms with Crippen molar-refractivity contribution in [1.82, 2.24) is 9.78 Å². The van der Waals surface area contributed by atoms with E-state index in [1.54, 1.807) is 4.68 Å². The fourth-order valence-electron chi connectivity index (χ4n) is 2.81. The average molecular weight is 326 g/mol. The zero-order valence-electron chi connectivity index (χ0n) is 11.8. The molecule has 0 amide bonds. The van der Waals surface area contributed by atoms with Gasteiger partial charge < -0.3 is 10.5 Å². The van der Waals surface area contributed by atoms with E-state index in [2.05, 4.69) is 5.10 Å². The standard InChI is InChI=1S/C15H17Cl2N3O/c1-20-15(18)13(12-10(16)3-2-4-11(12)17)14(19-20)9-5-7-21-8-6-9/h2-4,9H,5-8,18H2,1H3. The van der Waals surface area contributed by atoms with Crippen LogP contribution in [0.25, 0.3) is 11.1 Å². The van der Waals surface area contributed by atoms with Gasteiger partial charge in [-0.25, -0.2) is 0 Å². The molecule has 0 aliphatic carbocycles. The van der Waals surface area contributed by atoms with Gasteiger partial charge >= 0.3 is 0 Å². The molecule has 0 atom stereocenters. The Kier molecular flexibility index (Phi) is 4.11. The second-order valence-corrected chi connectivity index (χ2v) is 6.07. The topological polar surface area (TPSA) is 53.1 Å². The van der Waals surface area contributed by atoms with E-state index in [0.717, 1.165) is 42.9 Å². The number of halogens is 2. The van der Waals surface area contributed by atoms with E-state index in [9.17, 15) is 0 Å². The molecule has 112 valence electrons. The van der Waals surface area contributed by atoms with Crippen molar-refractivity contribution in [2.45, 2.75) is 18.8 Å². The van der Waals surface area contributed by atoms with E-state index in [1.165, 1.54) is 0 Å². The van der Waals surface area contributed by atoms with Gasteiger partial charge in [-0.15, -0.1) is 0 Å². The molecule has 6 heteroatoms. The Balaban J connectivity index is 2.17. The molecule has 0 saturated carbocycles. The third kappa shape index (κ3) is 2.63. The number of ether oxygens (including phenoxy) is 1. The third-order valence-corrected chi connectivity index (χ3v) is 4.57. The van der Waals surface area contributed by atoms with Crippen LogP contribution in [0.4, 0.5) is 5.82 Å². The van der Waals surface area contributed by atoms with Crippen LogP contribution in [0.3, 0.4) is 0 Å². The summed E-state index contributed by atoms with van der Waals surface area (Å²) < 4.78 is 7.13. The molecule has 0 spiro atoms. The highest BCUT2D eigenvalue weighted by atomic mass is 35.5. The lowest BCUT2D eigenvalue weighted by atomic mass is 9.91. The van der Waals surface area contributed by atoms with E-state index in [0.29, 0.717) is 21.8 Å². The molecule has 2 heterocycles. The maximum absolute atomic E-state index is 6.35. The lowest BCUT2D eigenvalue weighted by molar-refractivity contribution is 0.0845. The van der Waals surface area contributed by atoms with Crippen LogP contribution in [0, 0.1) is 0 Å². The summed E-state index contributed by atoms with van der Waals surface area (Å²) in [5.74, 6) is 0.913. The SMILES string of the molecule is Cn1nc(C2CCOCC2)c(-c2c(Cl)cccc2Cl)c1N. The van der Waals surface area contributed by atoms with Gasteiger partial charge in [0.25, 0.3) is 0 Å². The quantitative estimate of drug-likeness (QED) is 0.911. The van der Waals surface area contributed by atoms with Gasteiger partial charge in [0.05, 0.1) is 21.3 Å². The minimum absolute atomic E-state index is 0.324. The molecule has 2 N–H and O–H groups in total. The van der Waals surface area contributed by atoms with E-state index in [4.69, 9.17) is 33.7 Å². The first-order chi connectivity index (χ1) is 10.1. The van der Waals surface area contributed by atoms with Crippen molar-refractivity contribution in [3.05, 3.63) is 33.9 Å². The molecular formula is C15H17Cl2N3O. The highest BCUT2D eigenvalue weighted by Gasteiger charge is 2.27. The average Bonchev–Trinajstić information content (AvgIpc) is 2.77. The summed E-state index contributed by atoms with van der Waals surface area (Å²) in [4.78, 5) is 0. The first kappa shape index (κ1) is 14.7. The summed E-state index contributed by atoms with van der Waals surface area (Å²) in [7, 11) is 1.84. The largest absolute Gasteiger partial charge is 0.383 e. The van der Waals surface area contributed by atoms with Crippen molar-refractivity contribution >= 4 is 29.0 Å². The van der Waals surface area contributed by atoms with Crippen LogP contribution >= 0.6 is 23.2 Å². The molecule has 1 aromatic carbocycles. The Morgan fingerprint density at radius 3 is 2.43 bits per heavy atom. The smallest absolute Gasteiger partial charge is 0.129 e. The number of nitrogen functional groups attached to an aromatic ring is 1. The van der Waals surface area contributed by atoms with Gasteiger partial charge in [0.2, 0.25) is 0 Å². The van der Waals surface area contributed by atoms with Crippen LogP contribution in [-0.2, 0) is 11.8 Å². The summed E-state index contributed by atoms with van der Waals surface area (Å²) in [6.07, 6.45) is 1.87. The fourth-order valence-corrected chi connectivity index (χ4v) is 3.39. The Morgan fingerprint density at radius 1 is 1.19 bits per heavy atom. The monoisotopic (exact) mass is 325 g/mol. The lowest BCUT2D eigenvalue weighted by Crippen LogP contribution is -2.15. The first-order valence-electron chi connectivity index (χ1n) is 6.94. The number of nitrogens with zero attached hydrogens (tertiary/aromatic N) is 2. The summed E-state index contributed by atoms with van der Waals surface area (Å²) in [6.45, 7) is 1.49. The Hall–Kier alpha value is -1.23. The highest BCUT2D eigenvalue weighted by Crippen LogP contribution is 2.43. The molecule has 3 rings (SSSR count). The van der Waals surface area contributed by atoms with E-state index in [1.807, 2.05) is 25.2 Å². The van der Waals surface area contributed by atoms with Gasteiger partial charge in [-0.3, -0.25) is 4.68 Å².